The van der Waals surface area contributed by atoms with Crippen molar-refractivity contribution in [1.29, 1.82) is 0 Å². The van der Waals surface area contributed by atoms with Crippen LogP contribution in [0, 0.1) is 0 Å². The molecule has 1 aliphatic rings. The van der Waals surface area contributed by atoms with E-state index in [2.05, 4.69) is 18.8 Å². The van der Waals surface area contributed by atoms with E-state index in [1.54, 1.807) is 18.7 Å². The zero-order valence-corrected chi connectivity index (χ0v) is 16.7. The lowest BCUT2D eigenvalue weighted by Crippen LogP contribution is -2.48. The van der Waals surface area contributed by atoms with Crippen molar-refractivity contribution >= 4 is 28.8 Å². The number of rotatable bonds is 3. The molecule has 26 heavy (non-hydrogen) atoms. The van der Waals surface area contributed by atoms with Crippen LogP contribution in [0.3, 0.4) is 0 Å². The predicted molar refractivity (Wildman–Crippen MR) is 102 cm³/mol. The van der Waals surface area contributed by atoms with Crippen molar-refractivity contribution < 1.29 is 4.79 Å². The monoisotopic (exact) mass is 379 g/mol. The maximum Gasteiger partial charge on any atom is 0.332 e. The van der Waals surface area contributed by atoms with Crippen molar-refractivity contribution in [2.24, 2.45) is 21.1 Å². The molecule has 0 spiro atoms. The number of thioether (sulfide) groups is 1. The van der Waals surface area contributed by atoms with Crippen LogP contribution in [0.1, 0.15) is 33.1 Å². The Hall–Kier alpha value is -2.03. The summed E-state index contributed by atoms with van der Waals surface area (Å²) in [5, 5.41) is 0.559. The number of carbonyl (C=O) groups is 1. The Balaban J connectivity index is 1.88. The van der Waals surface area contributed by atoms with Gasteiger partial charge in [0.2, 0.25) is 5.91 Å². The van der Waals surface area contributed by atoms with E-state index in [-0.39, 0.29) is 29.3 Å². The van der Waals surface area contributed by atoms with Gasteiger partial charge in [0.15, 0.2) is 16.3 Å². The van der Waals surface area contributed by atoms with Gasteiger partial charge in [-0.05, 0) is 33.1 Å². The molecule has 142 valence electrons. The predicted octanol–water partition coefficient (Wildman–Crippen LogP) is 0.852. The molecule has 2 atom stereocenters. The van der Waals surface area contributed by atoms with Gasteiger partial charge < -0.3 is 9.47 Å². The van der Waals surface area contributed by atoms with E-state index in [1.807, 2.05) is 4.90 Å². The highest BCUT2D eigenvalue weighted by atomic mass is 32.2. The number of hydrogen-bond acceptors (Lipinski definition) is 5. The summed E-state index contributed by atoms with van der Waals surface area (Å²) in [6.45, 7) is 4.18. The molecule has 0 aliphatic carbocycles. The quantitative estimate of drug-likeness (QED) is 0.739. The minimum Gasteiger partial charge on any atom is -0.337 e. The molecular weight excluding hydrogens is 354 g/mol. The molecule has 0 saturated carbocycles. The van der Waals surface area contributed by atoms with Gasteiger partial charge in [0.05, 0.1) is 5.75 Å². The van der Waals surface area contributed by atoms with E-state index in [1.165, 1.54) is 23.4 Å². The summed E-state index contributed by atoms with van der Waals surface area (Å²) < 4.78 is 4.09. The van der Waals surface area contributed by atoms with E-state index in [9.17, 15) is 14.4 Å². The Morgan fingerprint density at radius 1 is 1.08 bits per heavy atom. The molecule has 1 saturated heterocycles. The van der Waals surface area contributed by atoms with Crippen molar-refractivity contribution in [3.8, 4) is 0 Å². The van der Waals surface area contributed by atoms with Crippen LogP contribution in [-0.2, 0) is 25.9 Å². The summed E-state index contributed by atoms with van der Waals surface area (Å²) in [7, 11) is 4.78. The normalized spacial score (nSPS) is 20.7. The number of fused-ring (bicyclic) bond motifs is 1. The summed E-state index contributed by atoms with van der Waals surface area (Å²) in [6, 6.07) is 0.501. The number of amides is 1. The van der Waals surface area contributed by atoms with E-state index < -0.39 is 5.69 Å². The molecule has 2 aromatic heterocycles. The van der Waals surface area contributed by atoms with Gasteiger partial charge in [0.25, 0.3) is 5.56 Å². The van der Waals surface area contributed by atoms with Crippen molar-refractivity contribution in [3.63, 3.8) is 0 Å². The summed E-state index contributed by atoms with van der Waals surface area (Å²) >= 11 is 1.30. The second-order valence-corrected chi connectivity index (χ2v) is 7.99. The minimum atomic E-state index is -0.413. The molecule has 0 N–H and O–H groups in total. The summed E-state index contributed by atoms with van der Waals surface area (Å²) in [4.78, 5) is 43.6. The van der Waals surface area contributed by atoms with Crippen molar-refractivity contribution in [2.75, 3.05) is 5.75 Å². The first-order chi connectivity index (χ1) is 12.2. The highest BCUT2D eigenvalue weighted by molar-refractivity contribution is 7.99. The maximum absolute atomic E-state index is 12.7. The van der Waals surface area contributed by atoms with Crippen molar-refractivity contribution in [2.45, 2.75) is 50.4 Å². The van der Waals surface area contributed by atoms with E-state index >= 15 is 0 Å². The van der Waals surface area contributed by atoms with Crippen LogP contribution in [-0.4, -0.2) is 47.3 Å². The topological polar surface area (TPSA) is 82.1 Å². The average Bonchev–Trinajstić information content (AvgIpc) is 2.93. The first-order valence-corrected chi connectivity index (χ1v) is 9.79. The van der Waals surface area contributed by atoms with Crippen LogP contribution < -0.4 is 11.2 Å². The molecule has 8 nitrogen and oxygen atoms in total. The van der Waals surface area contributed by atoms with Gasteiger partial charge in [0.1, 0.15) is 0 Å². The fourth-order valence-corrected chi connectivity index (χ4v) is 4.58. The summed E-state index contributed by atoms with van der Waals surface area (Å²) in [5.74, 6) is 0.351. The van der Waals surface area contributed by atoms with Crippen molar-refractivity contribution in [1.82, 2.24) is 23.6 Å². The molecule has 0 aromatic carbocycles. The number of imidazole rings is 1. The number of likely N-dealkylation sites (tertiary alicyclic amines) is 1. The Labute approximate surface area is 155 Å². The fourth-order valence-electron chi connectivity index (χ4n) is 3.74. The van der Waals surface area contributed by atoms with E-state index in [0.717, 1.165) is 23.8 Å². The highest BCUT2D eigenvalue weighted by Crippen LogP contribution is 2.25. The molecule has 3 heterocycles. The van der Waals surface area contributed by atoms with E-state index in [0.29, 0.717) is 16.3 Å². The minimum absolute atomic E-state index is 0.0866. The number of carbonyl (C=O) groups excluding carboxylic acids is 1. The van der Waals surface area contributed by atoms with Gasteiger partial charge in [-0.15, -0.1) is 0 Å². The van der Waals surface area contributed by atoms with Crippen LogP contribution in [0.4, 0.5) is 0 Å². The molecule has 2 aromatic rings. The highest BCUT2D eigenvalue weighted by Gasteiger charge is 2.29. The third kappa shape index (κ3) is 2.98. The molecule has 1 amide bonds. The van der Waals surface area contributed by atoms with Crippen LogP contribution in [0.2, 0.25) is 0 Å². The second-order valence-electron chi connectivity index (χ2n) is 7.05. The maximum atomic E-state index is 12.7. The number of piperidine rings is 1. The largest absolute Gasteiger partial charge is 0.337 e. The van der Waals surface area contributed by atoms with Gasteiger partial charge in [-0.2, -0.15) is 0 Å². The Bertz CT molecular complexity index is 963. The Morgan fingerprint density at radius 2 is 1.69 bits per heavy atom. The number of aromatic nitrogens is 4. The lowest BCUT2D eigenvalue weighted by molar-refractivity contribution is -0.134. The Morgan fingerprint density at radius 3 is 2.31 bits per heavy atom. The first-order valence-electron chi connectivity index (χ1n) is 8.80. The lowest BCUT2D eigenvalue weighted by Gasteiger charge is -2.39. The van der Waals surface area contributed by atoms with Crippen LogP contribution in [0.15, 0.2) is 14.7 Å². The zero-order valence-electron chi connectivity index (χ0n) is 15.9. The Kier molecular flexibility index (Phi) is 5.01. The summed E-state index contributed by atoms with van der Waals surface area (Å²) in [6.07, 6.45) is 3.22. The SMILES string of the molecule is C[C@H]1CCC[C@H](C)N1C(=O)CSc1nc2c(c(=O)n(C)c(=O)n2C)n1C. The number of hydrogen-bond donors (Lipinski definition) is 0. The standard InChI is InChI=1S/C17H25N5O3S/c1-10-7-6-8-11(2)22(10)12(23)9-26-16-18-14-13(19(16)3)15(24)21(5)17(25)20(14)4/h10-11H,6-9H2,1-5H3/t10-,11-/m0/s1. The van der Waals surface area contributed by atoms with Gasteiger partial charge >= 0.3 is 5.69 Å². The van der Waals surface area contributed by atoms with Crippen LogP contribution in [0.5, 0.6) is 0 Å². The molecule has 1 fully saturated rings. The molecule has 3 rings (SSSR count). The molecule has 0 radical (unpaired) electrons. The average molecular weight is 379 g/mol. The molecular formula is C17H25N5O3S. The van der Waals surface area contributed by atoms with E-state index in [4.69, 9.17) is 0 Å². The van der Waals surface area contributed by atoms with Crippen LogP contribution in [0.25, 0.3) is 11.2 Å². The van der Waals surface area contributed by atoms with Crippen LogP contribution >= 0.6 is 11.8 Å². The van der Waals surface area contributed by atoms with Gasteiger partial charge in [-0.1, -0.05) is 11.8 Å². The summed E-state index contributed by atoms with van der Waals surface area (Å²) in [5.41, 5.74) is -0.0849. The second kappa shape index (κ2) is 6.94. The van der Waals surface area contributed by atoms with Gasteiger partial charge in [0, 0.05) is 33.2 Å². The molecule has 0 bridgehead atoms. The molecule has 9 heteroatoms. The molecule has 0 unspecified atom stereocenters. The zero-order chi connectivity index (χ0) is 19.2. The van der Waals surface area contributed by atoms with Gasteiger partial charge in [-0.25, -0.2) is 9.78 Å². The smallest absolute Gasteiger partial charge is 0.332 e. The van der Waals surface area contributed by atoms with Crippen molar-refractivity contribution in [3.05, 3.63) is 20.8 Å². The lowest BCUT2D eigenvalue weighted by atomic mass is 9.98. The van der Waals surface area contributed by atoms with Gasteiger partial charge in [-0.3, -0.25) is 18.7 Å². The fraction of sp³-hybridized carbons (Fsp3) is 0.647. The number of aryl methyl sites for hydroxylation is 2. The third-order valence-electron chi connectivity index (χ3n) is 5.24. The third-order valence-corrected chi connectivity index (χ3v) is 6.26. The first kappa shape index (κ1) is 18.8. The number of nitrogens with zero attached hydrogens (tertiary/aromatic N) is 5. The molecule has 1 aliphatic heterocycles.